The van der Waals surface area contributed by atoms with E-state index in [0.29, 0.717) is 0 Å². The van der Waals surface area contributed by atoms with Crippen molar-refractivity contribution >= 4 is 11.6 Å². The van der Waals surface area contributed by atoms with Gasteiger partial charge in [-0.05, 0) is 19.3 Å². The highest BCUT2D eigenvalue weighted by atomic mass is 35.5. The van der Waals surface area contributed by atoms with Gasteiger partial charge in [-0.25, -0.2) is 0 Å². The fourth-order valence-corrected chi connectivity index (χ4v) is 4.45. The Labute approximate surface area is 187 Å². The van der Waals surface area contributed by atoms with E-state index in [4.69, 9.17) is 11.6 Å². The van der Waals surface area contributed by atoms with Crippen molar-refractivity contribution < 1.29 is 4.48 Å². The number of rotatable bonds is 20. The van der Waals surface area contributed by atoms with Crippen molar-refractivity contribution in [3.63, 3.8) is 0 Å². The lowest BCUT2D eigenvalue weighted by molar-refractivity contribution is -0.903. The summed E-state index contributed by atoms with van der Waals surface area (Å²) in [6.07, 6.45) is 22.6. The van der Waals surface area contributed by atoms with Crippen LogP contribution < -0.4 is 0 Å². The lowest BCUT2D eigenvalue weighted by Crippen LogP contribution is -2.39. The van der Waals surface area contributed by atoms with Crippen molar-refractivity contribution in [1.29, 1.82) is 0 Å². The van der Waals surface area contributed by atoms with E-state index in [9.17, 15) is 0 Å². The number of benzene rings is 1. The van der Waals surface area contributed by atoms with Crippen LogP contribution in [0.5, 0.6) is 0 Å². The highest BCUT2D eigenvalue weighted by Crippen LogP contribution is 2.15. The summed E-state index contributed by atoms with van der Waals surface area (Å²) in [4.78, 5) is 0. The Balaban J connectivity index is 1.81. The number of nitrogens with zero attached hydrogens (tertiary/aromatic N) is 1. The van der Waals surface area contributed by atoms with Gasteiger partial charge < -0.3 is 4.48 Å². The summed E-state index contributed by atoms with van der Waals surface area (Å²) in [5, 5.41) is 0. The second-order valence-electron chi connectivity index (χ2n) is 9.65. The standard InChI is InChI=1S/C27H49ClN/c1-29(2,26-27-22-18-17-19-23-27)25-21-16-14-12-10-8-6-4-3-5-7-9-11-13-15-20-24-28/h17-19,22-23H,3-16,20-21,24-26H2,1-2H3/q+1. The van der Waals surface area contributed by atoms with Crippen molar-refractivity contribution in [2.45, 2.75) is 109 Å². The fourth-order valence-electron chi connectivity index (χ4n) is 4.27. The van der Waals surface area contributed by atoms with E-state index in [1.165, 1.54) is 115 Å². The number of hydrogen-bond donors (Lipinski definition) is 0. The van der Waals surface area contributed by atoms with Gasteiger partial charge in [0, 0.05) is 11.4 Å². The Hall–Kier alpha value is -0.530. The highest BCUT2D eigenvalue weighted by Gasteiger charge is 2.14. The van der Waals surface area contributed by atoms with E-state index < -0.39 is 0 Å². The maximum atomic E-state index is 5.71. The summed E-state index contributed by atoms with van der Waals surface area (Å²) in [5.41, 5.74) is 1.46. The lowest BCUT2D eigenvalue weighted by Gasteiger charge is -2.30. The molecule has 1 nitrogen and oxygen atoms in total. The zero-order chi connectivity index (χ0) is 21.0. The molecule has 0 aromatic heterocycles. The minimum atomic E-state index is 0.840. The Kier molecular flexibility index (Phi) is 16.7. The molecule has 0 unspecified atom stereocenters. The van der Waals surface area contributed by atoms with E-state index in [2.05, 4.69) is 44.4 Å². The van der Waals surface area contributed by atoms with Gasteiger partial charge >= 0.3 is 0 Å². The van der Waals surface area contributed by atoms with Crippen LogP contribution >= 0.6 is 11.6 Å². The van der Waals surface area contributed by atoms with Gasteiger partial charge in [-0.1, -0.05) is 114 Å². The second kappa shape index (κ2) is 18.3. The van der Waals surface area contributed by atoms with Gasteiger partial charge in [-0.2, -0.15) is 0 Å². The summed E-state index contributed by atoms with van der Waals surface area (Å²) in [6.45, 7) is 2.44. The molecule has 29 heavy (non-hydrogen) atoms. The van der Waals surface area contributed by atoms with Crippen LogP contribution in [0.1, 0.15) is 108 Å². The molecular weight excluding hydrogens is 374 g/mol. The highest BCUT2D eigenvalue weighted by molar-refractivity contribution is 6.17. The van der Waals surface area contributed by atoms with Gasteiger partial charge in [-0.3, -0.25) is 0 Å². The third-order valence-corrected chi connectivity index (χ3v) is 6.37. The van der Waals surface area contributed by atoms with Crippen LogP contribution in [-0.2, 0) is 6.54 Å². The van der Waals surface area contributed by atoms with Gasteiger partial charge in [-0.15, -0.1) is 11.6 Å². The van der Waals surface area contributed by atoms with E-state index in [1.54, 1.807) is 0 Å². The summed E-state index contributed by atoms with van der Waals surface area (Å²) >= 11 is 5.71. The van der Waals surface area contributed by atoms with E-state index >= 15 is 0 Å². The molecule has 0 spiro atoms. The molecule has 1 rings (SSSR count). The Bertz CT molecular complexity index is 457. The minimum Gasteiger partial charge on any atom is -0.325 e. The van der Waals surface area contributed by atoms with E-state index in [-0.39, 0.29) is 0 Å². The largest absolute Gasteiger partial charge is 0.325 e. The number of quaternary nitrogens is 1. The first-order valence-electron chi connectivity index (χ1n) is 12.6. The molecule has 0 heterocycles. The lowest BCUT2D eigenvalue weighted by atomic mass is 10.0. The summed E-state index contributed by atoms with van der Waals surface area (Å²) in [6, 6.07) is 10.9. The average molecular weight is 423 g/mol. The third-order valence-electron chi connectivity index (χ3n) is 6.10. The van der Waals surface area contributed by atoms with Crippen molar-refractivity contribution in [3.05, 3.63) is 35.9 Å². The van der Waals surface area contributed by atoms with Gasteiger partial charge in [0.05, 0.1) is 20.6 Å². The molecule has 1 aromatic carbocycles. The second-order valence-corrected chi connectivity index (χ2v) is 10.0. The molecular formula is C27H49ClN+. The van der Waals surface area contributed by atoms with Crippen LogP contribution in [0.25, 0.3) is 0 Å². The first kappa shape index (κ1) is 26.5. The zero-order valence-electron chi connectivity index (χ0n) is 19.6. The van der Waals surface area contributed by atoms with Gasteiger partial charge in [0.2, 0.25) is 0 Å². The molecule has 0 saturated carbocycles. The van der Waals surface area contributed by atoms with Gasteiger partial charge in [0.1, 0.15) is 6.54 Å². The number of alkyl halides is 1. The molecule has 0 atom stereocenters. The van der Waals surface area contributed by atoms with Crippen LogP contribution in [0, 0.1) is 0 Å². The third kappa shape index (κ3) is 16.9. The van der Waals surface area contributed by atoms with Crippen LogP contribution in [0.15, 0.2) is 30.3 Å². The predicted octanol–water partition coefficient (Wildman–Crippen LogP) is 8.74. The van der Waals surface area contributed by atoms with Crippen molar-refractivity contribution in [3.8, 4) is 0 Å². The molecule has 0 bridgehead atoms. The number of unbranched alkanes of at least 4 members (excludes halogenated alkanes) is 15. The maximum absolute atomic E-state index is 5.71. The molecule has 0 aliphatic carbocycles. The van der Waals surface area contributed by atoms with Crippen LogP contribution in [-0.4, -0.2) is 31.0 Å². The van der Waals surface area contributed by atoms with Gasteiger partial charge in [0.25, 0.3) is 0 Å². The van der Waals surface area contributed by atoms with Crippen LogP contribution in [0.2, 0.25) is 0 Å². The van der Waals surface area contributed by atoms with Gasteiger partial charge in [0.15, 0.2) is 0 Å². The first-order chi connectivity index (χ1) is 14.1. The monoisotopic (exact) mass is 422 g/mol. The predicted molar refractivity (Wildman–Crippen MR) is 132 cm³/mol. The topological polar surface area (TPSA) is 0 Å². The first-order valence-corrected chi connectivity index (χ1v) is 13.1. The smallest absolute Gasteiger partial charge is 0.104 e. The molecule has 0 aliphatic heterocycles. The number of hydrogen-bond acceptors (Lipinski definition) is 0. The number of halogens is 1. The summed E-state index contributed by atoms with van der Waals surface area (Å²) in [5.74, 6) is 0.840. The molecule has 1 aromatic rings. The van der Waals surface area contributed by atoms with E-state index in [0.717, 1.165) is 16.9 Å². The van der Waals surface area contributed by atoms with Crippen molar-refractivity contribution in [2.24, 2.45) is 0 Å². The maximum Gasteiger partial charge on any atom is 0.104 e. The van der Waals surface area contributed by atoms with Crippen molar-refractivity contribution in [2.75, 3.05) is 26.5 Å². The summed E-state index contributed by atoms with van der Waals surface area (Å²) in [7, 11) is 4.74. The molecule has 2 heteroatoms. The zero-order valence-corrected chi connectivity index (χ0v) is 20.4. The fraction of sp³-hybridized carbons (Fsp3) is 0.778. The molecule has 0 N–H and O–H groups in total. The molecule has 0 amide bonds. The van der Waals surface area contributed by atoms with Crippen LogP contribution in [0.3, 0.4) is 0 Å². The molecule has 0 fully saturated rings. The van der Waals surface area contributed by atoms with E-state index in [1.807, 2.05) is 0 Å². The quantitative estimate of drug-likeness (QED) is 0.112. The van der Waals surface area contributed by atoms with Crippen molar-refractivity contribution in [1.82, 2.24) is 0 Å². The SMILES string of the molecule is C[N+](C)(CCCCCCCCCCCCCCCCCCCl)Cc1ccccc1. The normalized spacial score (nSPS) is 11.8. The summed E-state index contributed by atoms with van der Waals surface area (Å²) < 4.78 is 1.11. The Morgan fingerprint density at radius 1 is 0.552 bits per heavy atom. The Morgan fingerprint density at radius 3 is 1.34 bits per heavy atom. The minimum absolute atomic E-state index is 0.840. The average Bonchev–Trinajstić information content (AvgIpc) is 2.70. The molecule has 0 radical (unpaired) electrons. The van der Waals surface area contributed by atoms with Crippen LogP contribution in [0.4, 0.5) is 0 Å². The molecule has 0 saturated heterocycles. The molecule has 168 valence electrons. The molecule has 0 aliphatic rings. The Morgan fingerprint density at radius 2 is 0.931 bits per heavy atom.